The summed E-state index contributed by atoms with van der Waals surface area (Å²) in [5.41, 5.74) is 0.582. The molecule has 0 aliphatic carbocycles. The van der Waals surface area contributed by atoms with Crippen LogP contribution in [0.1, 0.15) is 12.5 Å². The third-order valence-corrected chi connectivity index (χ3v) is 1.68. The van der Waals surface area contributed by atoms with Crippen molar-refractivity contribution in [2.45, 2.75) is 13.5 Å². The SMILES string of the molecule is CCOCc1cc(F)cnc1Cl. The van der Waals surface area contributed by atoms with Gasteiger partial charge in [0.25, 0.3) is 0 Å². The maximum absolute atomic E-state index is 12.6. The number of pyridine rings is 1. The Balaban J connectivity index is 2.75. The highest BCUT2D eigenvalue weighted by atomic mass is 35.5. The molecular weight excluding hydrogens is 181 g/mol. The van der Waals surface area contributed by atoms with E-state index in [0.717, 1.165) is 6.20 Å². The molecule has 66 valence electrons. The van der Waals surface area contributed by atoms with Crippen LogP contribution in [-0.4, -0.2) is 11.6 Å². The fourth-order valence-corrected chi connectivity index (χ4v) is 0.936. The van der Waals surface area contributed by atoms with Gasteiger partial charge in [0.2, 0.25) is 0 Å². The molecule has 12 heavy (non-hydrogen) atoms. The minimum absolute atomic E-state index is 0.296. The van der Waals surface area contributed by atoms with Crippen LogP contribution in [0, 0.1) is 5.82 Å². The monoisotopic (exact) mass is 189 g/mol. The van der Waals surface area contributed by atoms with Gasteiger partial charge in [-0.2, -0.15) is 0 Å². The molecule has 0 amide bonds. The summed E-state index contributed by atoms with van der Waals surface area (Å²) in [7, 11) is 0. The summed E-state index contributed by atoms with van der Waals surface area (Å²) in [6, 6.07) is 1.32. The van der Waals surface area contributed by atoms with Crippen molar-refractivity contribution in [1.82, 2.24) is 4.98 Å². The van der Waals surface area contributed by atoms with E-state index in [0.29, 0.717) is 23.9 Å². The van der Waals surface area contributed by atoms with Crippen molar-refractivity contribution in [2.75, 3.05) is 6.61 Å². The van der Waals surface area contributed by atoms with Gasteiger partial charge in [0.15, 0.2) is 0 Å². The molecule has 1 heterocycles. The Hall–Kier alpha value is -0.670. The molecule has 1 aromatic heterocycles. The highest BCUT2D eigenvalue weighted by molar-refractivity contribution is 6.30. The van der Waals surface area contributed by atoms with Gasteiger partial charge in [0, 0.05) is 12.2 Å². The lowest BCUT2D eigenvalue weighted by atomic mass is 10.3. The Labute approximate surface area is 75.3 Å². The van der Waals surface area contributed by atoms with Gasteiger partial charge in [0.05, 0.1) is 12.8 Å². The molecule has 0 bridgehead atoms. The molecule has 0 aliphatic rings. The lowest BCUT2D eigenvalue weighted by Gasteiger charge is -2.02. The Bertz CT molecular complexity index is 267. The zero-order chi connectivity index (χ0) is 8.97. The van der Waals surface area contributed by atoms with Gasteiger partial charge in [-0.3, -0.25) is 0 Å². The van der Waals surface area contributed by atoms with Crippen LogP contribution in [-0.2, 0) is 11.3 Å². The molecule has 0 aromatic carbocycles. The minimum Gasteiger partial charge on any atom is -0.377 e. The summed E-state index contributed by atoms with van der Waals surface area (Å²) in [5.74, 6) is -0.394. The van der Waals surface area contributed by atoms with E-state index in [1.807, 2.05) is 6.92 Å². The fourth-order valence-electron chi connectivity index (χ4n) is 0.778. The number of hydrogen-bond donors (Lipinski definition) is 0. The molecule has 0 unspecified atom stereocenters. The second kappa shape index (κ2) is 4.38. The zero-order valence-corrected chi connectivity index (χ0v) is 7.44. The molecule has 2 nitrogen and oxygen atoms in total. The average Bonchev–Trinajstić information content (AvgIpc) is 2.07. The molecule has 1 rings (SSSR count). The Kier molecular flexibility index (Phi) is 3.44. The summed E-state index contributed by atoms with van der Waals surface area (Å²) in [6.45, 7) is 2.74. The van der Waals surface area contributed by atoms with E-state index in [1.165, 1.54) is 6.07 Å². The summed E-state index contributed by atoms with van der Waals surface area (Å²) < 4.78 is 17.7. The second-order valence-corrected chi connectivity index (χ2v) is 2.60. The maximum atomic E-state index is 12.6. The highest BCUT2D eigenvalue weighted by Gasteiger charge is 2.02. The third-order valence-electron chi connectivity index (χ3n) is 1.34. The first-order chi connectivity index (χ1) is 5.74. The van der Waals surface area contributed by atoms with Crippen molar-refractivity contribution in [2.24, 2.45) is 0 Å². The van der Waals surface area contributed by atoms with Crippen molar-refractivity contribution < 1.29 is 9.13 Å². The molecule has 1 aromatic rings. The second-order valence-electron chi connectivity index (χ2n) is 2.24. The molecule has 0 radical (unpaired) electrons. The highest BCUT2D eigenvalue weighted by Crippen LogP contribution is 2.14. The van der Waals surface area contributed by atoms with Crippen LogP contribution in [0.15, 0.2) is 12.3 Å². The Morgan fingerprint density at radius 2 is 2.42 bits per heavy atom. The molecule has 4 heteroatoms. The largest absolute Gasteiger partial charge is 0.377 e. The van der Waals surface area contributed by atoms with Crippen LogP contribution in [0.5, 0.6) is 0 Å². The predicted molar refractivity (Wildman–Crippen MR) is 44.5 cm³/mol. The maximum Gasteiger partial charge on any atom is 0.141 e. The Morgan fingerprint density at radius 1 is 1.67 bits per heavy atom. The van der Waals surface area contributed by atoms with Gasteiger partial charge in [0.1, 0.15) is 11.0 Å². The van der Waals surface area contributed by atoms with Gasteiger partial charge in [-0.15, -0.1) is 0 Å². The van der Waals surface area contributed by atoms with Crippen LogP contribution in [0.3, 0.4) is 0 Å². The average molecular weight is 190 g/mol. The zero-order valence-electron chi connectivity index (χ0n) is 6.68. The van der Waals surface area contributed by atoms with Crippen molar-refractivity contribution in [3.63, 3.8) is 0 Å². The van der Waals surface area contributed by atoms with E-state index in [1.54, 1.807) is 0 Å². The number of rotatable bonds is 3. The third kappa shape index (κ3) is 2.43. The number of aromatic nitrogens is 1. The lowest BCUT2D eigenvalue weighted by Crippen LogP contribution is -1.95. The molecule has 0 spiro atoms. The van der Waals surface area contributed by atoms with Crippen LogP contribution in [0.2, 0.25) is 5.15 Å². The molecule has 0 fully saturated rings. The molecule has 0 N–H and O–H groups in total. The summed E-state index contributed by atoms with van der Waals surface area (Å²) in [6.07, 6.45) is 1.08. The van der Waals surface area contributed by atoms with Crippen LogP contribution >= 0.6 is 11.6 Å². The topological polar surface area (TPSA) is 22.1 Å². The first-order valence-electron chi connectivity index (χ1n) is 3.61. The van der Waals surface area contributed by atoms with Gasteiger partial charge in [-0.05, 0) is 13.0 Å². The van der Waals surface area contributed by atoms with E-state index in [2.05, 4.69) is 4.98 Å². The van der Waals surface area contributed by atoms with Crippen LogP contribution < -0.4 is 0 Å². The van der Waals surface area contributed by atoms with Crippen LogP contribution in [0.4, 0.5) is 4.39 Å². The van der Waals surface area contributed by atoms with E-state index in [4.69, 9.17) is 16.3 Å². The van der Waals surface area contributed by atoms with Gasteiger partial charge in [-0.25, -0.2) is 9.37 Å². The minimum atomic E-state index is -0.394. The molecule has 0 atom stereocenters. The predicted octanol–water partition coefficient (Wildman–Crippen LogP) is 2.41. The van der Waals surface area contributed by atoms with E-state index >= 15 is 0 Å². The number of halogens is 2. The fraction of sp³-hybridized carbons (Fsp3) is 0.375. The summed E-state index contributed by atoms with van der Waals surface area (Å²) >= 11 is 5.67. The van der Waals surface area contributed by atoms with Crippen molar-refractivity contribution in [1.29, 1.82) is 0 Å². The number of ether oxygens (including phenoxy) is 1. The van der Waals surface area contributed by atoms with Crippen molar-refractivity contribution in [3.05, 3.63) is 28.8 Å². The normalized spacial score (nSPS) is 10.2. The smallest absolute Gasteiger partial charge is 0.141 e. The van der Waals surface area contributed by atoms with Gasteiger partial charge < -0.3 is 4.74 Å². The quantitative estimate of drug-likeness (QED) is 0.682. The van der Waals surface area contributed by atoms with Gasteiger partial charge in [-0.1, -0.05) is 11.6 Å². The van der Waals surface area contributed by atoms with E-state index < -0.39 is 5.82 Å². The van der Waals surface area contributed by atoms with E-state index in [9.17, 15) is 4.39 Å². The number of nitrogens with zero attached hydrogens (tertiary/aromatic N) is 1. The van der Waals surface area contributed by atoms with E-state index in [-0.39, 0.29) is 0 Å². The number of hydrogen-bond acceptors (Lipinski definition) is 2. The molecule has 0 saturated heterocycles. The lowest BCUT2D eigenvalue weighted by molar-refractivity contribution is 0.133. The first kappa shape index (κ1) is 9.42. The first-order valence-corrected chi connectivity index (χ1v) is 3.99. The van der Waals surface area contributed by atoms with Crippen molar-refractivity contribution >= 4 is 11.6 Å². The summed E-state index contributed by atoms with van der Waals surface area (Å²) in [4.78, 5) is 3.64. The standard InChI is InChI=1S/C8H9ClFNO/c1-2-12-5-6-3-7(10)4-11-8(6)9/h3-4H,2,5H2,1H3. The molecular formula is C8H9ClFNO. The van der Waals surface area contributed by atoms with Gasteiger partial charge >= 0.3 is 0 Å². The molecule has 0 aliphatic heterocycles. The summed E-state index contributed by atoms with van der Waals surface area (Å²) in [5, 5.41) is 0.296. The van der Waals surface area contributed by atoms with Crippen molar-refractivity contribution in [3.8, 4) is 0 Å². The van der Waals surface area contributed by atoms with Crippen LogP contribution in [0.25, 0.3) is 0 Å². The molecule has 0 saturated carbocycles. The Morgan fingerprint density at radius 3 is 3.08 bits per heavy atom.